The van der Waals surface area contributed by atoms with Gasteiger partial charge in [-0.1, -0.05) is 35.9 Å². The van der Waals surface area contributed by atoms with Crippen molar-refractivity contribution in [2.45, 2.75) is 13.8 Å². The van der Waals surface area contributed by atoms with Crippen molar-refractivity contribution in [3.63, 3.8) is 0 Å². The normalized spacial score (nSPS) is 10.4. The fraction of sp³-hybridized carbons (Fsp3) is 0.167. The van der Waals surface area contributed by atoms with Crippen molar-refractivity contribution >= 4 is 40.5 Å². The third kappa shape index (κ3) is 5.39. The van der Waals surface area contributed by atoms with Crippen molar-refractivity contribution in [1.29, 1.82) is 0 Å². The van der Waals surface area contributed by atoms with E-state index >= 15 is 0 Å². The molecule has 0 radical (unpaired) electrons. The highest BCUT2D eigenvalue weighted by molar-refractivity contribution is 6.31. The van der Waals surface area contributed by atoms with Crippen LogP contribution in [0.5, 0.6) is 0 Å². The van der Waals surface area contributed by atoms with Gasteiger partial charge in [0.1, 0.15) is 0 Å². The summed E-state index contributed by atoms with van der Waals surface area (Å²) in [5.74, 6) is -0.249. The van der Waals surface area contributed by atoms with Crippen LogP contribution in [0.3, 0.4) is 0 Å². The average molecular weight is 422 g/mol. The second-order valence-electron chi connectivity index (χ2n) is 6.83. The SMILES string of the molecule is CCN(C(=O)c1ccc(NCC(=O)Nc2ccc(C)c(Cl)c2)cc1)c1ccccc1. The second kappa shape index (κ2) is 9.94. The van der Waals surface area contributed by atoms with E-state index in [0.717, 1.165) is 16.9 Å². The molecule has 0 saturated heterocycles. The zero-order chi connectivity index (χ0) is 21.5. The van der Waals surface area contributed by atoms with Gasteiger partial charge in [-0.3, -0.25) is 9.59 Å². The molecule has 3 aromatic rings. The molecule has 0 spiro atoms. The Kier molecular flexibility index (Phi) is 7.09. The van der Waals surface area contributed by atoms with E-state index in [1.54, 1.807) is 35.2 Å². The van der Waals surface area contributed by atoms with E-state index in [2.05, 4.69) is 10.6 Å². The predicted octanol–water partition coefficient (Wildman–Crippen LogP) is 5.37. The standard InChI is InChI=1S/C24H24ClN3O2/c1-3-28(21-7-5-4-6-8-21)24(30)18-10-13-19(14-11-18)26-16-23(29)27-20-12-9-17(2)22(25)15-20/h4-15,26H,3,16H2,1-2H3,(H,27,29). The number of carbonyl (C=O) groups excluding carboxylic acids is 2. The van der Waals surface area contributed by atoms with Crippen LogP contribution < -0.4 is 15.5 Å². The number of amides is 2. The van der Waals surface area contributed by atoms with Crippen molar-refractivity contribution < 1.29 is 9.59 Å². The van der Waals surface area contributed by atoms with Crippen molar-refractivity contribution in [1.82, 2.24) is 0 Å². The molecular weight excluding hydrogens is 398 g/mol. The number of hydrogen-bond acceptors (Lipinski definition) is 3. The minimum absolute atomic E-state index is 0.0655. The molecule has 0 fully saturated rings. The highest BCUT2D eigenvalue weighted by atomic mass is 35.5. The van der Waals surface area contributed by atoms with Gasteiger partial charge in [0.25, 0.3) is 5.91 Å². The molecule has 0 aliphatic heterocycles. The van der Waals surface area contributed by atoms with E-state index in [-0.39, 0.29) is 18.4 Å². The van der Waals surface area contributed by atoms with Crippen LogP contribution in [-0.4, -0.2) is 24.9 Å². The molecule has 6 heteroatoms. The predicted molar refractivity (Wildman–Crippen MR) is 124 cm³/mol. The van der Waals surface area contributed by atoms with Crippen LogP contribution in [0.4, 0.5) is 17.1 Å². The summed E-state index contributed by atoms with van der Waals surface area (Å²) in [6.07, 6.45) is 0. The van der Waals surface area contributed by atoms with E-state index in [4.69, 9.17) is 11.6 Å². The van der Waals surface area contributed by atoms with Gasteiger partial charge in [0.05, 0.1) is 6.54 Å². The largest absolute Gasteiger partial charge is 0.376 e. The van der Waals surface area contributed by atoms with Crippen LogP contribution in [-0.2, 0) is 4.79 Å². The first-order valence-corrected chi connectivity index (χ1v) is 10.1. The summed E-state index contributed by atoms with van der Waals surface area (Å²) >= 11 is 6.08. The Balaban J connectivity index is 1.58. The molecule has 0 aliphatic rings. The Morgan fingerprint density at radius 3 is 2.23 bits per heavy atom. The van der Waals surface area contributed by atoms with Gasteiger partial charge in [-0.2, -0.15) is 0 Å². The lowest BCUT2D eigenvalue weighted by Gasteiger charge is -2.21. The van der Waals surface area contributed by atoms with Gasteiger partial charge in [0.15, 0.2) is 0 Å². The smallest absolute Gasteiger partial charge is 0.258 e. The number of rotatable bonds is 7. The molecule has 2 amide bonds. The fourth-order valence-electron chi connectivity index (χ4n) is 3.00. The Morgan fingerprint density at radius 1 is 0.933 bits per heavy atom. The number of halogens is 1. The van der Waals surface area contributed by atoms with Gasteiger partial charge >= 0.3 is 0 Å². The Bertz CT molecular complexity index is 1020. The molecule has 3 aromatic carbocycles. The van der Waals surface area contributed by atoms with Crippen LogP contribution in [0.1, 0.15) is 22.8 Å². The Hall–Kier alpha value is -3.31. The molecule has 0 aromatic heterocycles. The van der Waals surface area contributed by atoms with Crippen molar-refractivity contribution in [2.75, 3.05) is 28.6 Å². The van der Waals surface area contributed by atoms with Crippen molar-refractivity contribution in [3.8, 4) is 0 Å². The lowest BCUT2D eigenvalue weighted by molar-refractivity contribution is -0.114. The number of anilines is 3. The van der Waals surface area contributed by atoms with Crippen LogP contribution in [0, 0.1) is 6.92 Å². The van der Waals surface area contributed by atoms with Gasteiger partial charge < -0.3 is 15.5 Å². The van der Waals surface area contributed by atoms with Gasteiger partial charge in [-0.15, -0.1) is 0 Å². The summed E-state index contributed by atoms with van der Waals surface area (Å²) in [5.41, 5.74) is 3.81. The number of para-hydroxylation sites is 1. The Labute approximate surface area is 181 Å². The number of hydrogen-bond donors (Lipinski definition) is 2. The first kappa shape index (κ1) is 21.4. The minimum Gasteiger partial charge on any atom is -0.376 e. The first-order chi connectivity index (χ1) is 14.5. The summed E-state index contributed by atoms with van der Waals surface area (Å²) < 4.78 is 0. The van der Waals surface area contributed by atoms with E-state index in [0.29, 0.717) is 22.8 Å². The monoisotopic (exact) mass is 421 g/mol. The van der Waals surface area contributed by atoms with Gasteiger partial charge in [-0.05, 0) is 67.9 Å². The molecule has 0 unspecified atom stereocenters. The number of aryl methyl sites for hydroxylation is 1. The molecule has 0 saturated carbocycles. The average Bonchev–Trinajstić information content (AvgIpc) is 2.76. The molecule has 154 valence electrons. The zero-order valence-corrected chi connectivity index (χ0v) is 17.7. The Morgan fingerprint density at radius 2 is 1.60 bits per heavy atom. The summed E-state index contributed by atoms with van der Waals surface area (Å²) in [6, 6.07) is 22.1. The van der Waals surface area contributed by atoms with Crippen molar-refractivity contribution in [3.05, 3.63) is 88.9 Å². The minimum atomic E-state index is -0.184. The first-order valence-electron chi connectivity index (χ1n) is 9.74. The highest BCUT2D eigenvalue weighted by Crippen LogP contribution is 2.20. The van der Waals surface area contributed by atoms with Crippen LogP contribution in [0.15, 0.2) is 72.8 Å². The number of carbonyl (C=O) groups is 2. The number of benzene rings is 3. The summed E-state index contributed by atoms with van der Waals surface area (Å²) in [5, 5.41) is 6.47. The molecule has 5 nitrogen and oxygen atoms in total. The maximum Gasteiger partial charge on any atom is 0.258 e. The van der Waals surface area contributed by atoms with E-state index in [9.17, 15) is 9.59 Å². The van der Waals surface area contributed by atoms with Crippen LogP contribution in [0.2, 0.25) is 5.02 Å². The van der Waals surface area contributed by atoms with Gasteiger partial charge in [0.2, 0.25) is 5.91 Å². The van der Waals surface area contributed by atoms with E-state index < -0.39 is 0 Å². The third-order valence-corrected chi connectivity index (χ3v) is 5.08. The van der Waals surface area contributed by atoms with Gasteiger partial charge in [-0.25, -0.2) is 0 Å². The summed E-state index contributed by atoms with van der Waals surface area (Å²) in [4.78, 5) is 26.7. The van der Waals surface area contributed by atoms with E-state index in [1.807, 2.05) is 56.3 Å². The van der Waals surface area contributed by atoms with Gasteiger partial charge in [0, 0.05) is 34.2 Å². The molecule has 2 N–H and O–H groups in total. The van der Waals surface area contributed by atoms with Crippen molar-refractivity contribution in [2.24, 2.45) is 0 Å². The van der Waals surface area contributed by atoms with Crippen LogP contribution >= 0.6 is 11.6 Å². The molecule has 3 rings (SSSR count). The quantitative estimate of drug-likeness (QED) is 0.539. The number of nitrogens with one attached hydrogen (secondary N) is 2. The lowest BCUT2D eigenvalue weighted by atomic mass is 10.1. The molecule has 0 heterocycles. The second-order valence-corrected chi connectivity index (χ2v) is 7.24. The summed E-state index contributed by atoms with van der Waals surface area (Å²) in [6.45, 7) is 4.53. The zero-order valence-electron chi connectivity index (χ0n) is 17.0. The lowest BCUT2D eigenvalue weighted by Crippen LogP contribution is -2.30. The summed E-state index contributed by atoms with van der Waals surface area (Å²) in [7, 11) is 0. The maximum atomic E-state index is 12.8. The number of nitrogens with zero attached hydrogens (tertiary/aromatic N) is 1. The maximum absolute atomic E-state index is 12.8. The van der Waals surface area contributed by atoms with E-state index in [1.165, 1.54) is 0 Å². The van der Waals surface area contributed by atoms with Crippen LogP contribution in [0.25, 0.3) is 0 Å². The fourth-order valence-corrected chi connectivity index (χ4v) is 3.18. The molecular formula is C24H24ClN3O2. The highest BCUT2D eigenvalue weighted by Gasteiger charge is 2.15. The topological polar surface area (TPSA) is 61.4 Å². The molecule has 30 heavy (non-hydrogen) atoms. The third-order valence-electron chi connectivity index (χ3n) is 4.67. The molecule has 0 atom stereocenters. The molecule has 0 aliphatic carbocycles. The molecule has 0 bridgehead atoms.